The predicted octanol–water partition coefficient (Wildman–Crippen LogP) is 1.20. The van der Waals surface area contributed by atoms with Crippen LogP contribution in [0.2, 0.25) is 0 Å². The highest BCUT2D eigenvalue weighted by Crippen LogP contribution is 2.33. The number of rotatable bonds is 4. The van der Waals surface area contributed by atoms with Crippen molar-refractivity contribution in [2.75, 3.05) is 6.61 Å². The Morgan fingerprint density at radius 3 is 2.94 bits per heavy atom. The van der Waals surface area contributed by atoms with Crippen molar-refractivity contribution in [2.45, 2.75) is 44.2 Å². The zero-order valence-electron chi connectivity index (χ0n) is 9.26. The Bertz CT molecular complexity index is 356. The smallest absolute Gasteiger partial charge is 0.228 e. The molecule has 2 atom stereocenters. The lowest BCUT2D eigenvalue weighted by Gasteiger charge is -2.05. The summed E-state index contributed by atoms with van der Waals surface area (Å²) in [4.78, 5) is 4.36. The van der Waals surface area contributed by atoms with Gasteiger partial charge in [0.1, 0.15) is 6.10 Å². The molecule has 2 fully saturated rings. The van der Waals surface area contributed by atoms with Crippen molar-refractivity contribution in [1.82, 2.24) is 10.1 Å². The molecule has 1 aliphatic heterocycles. The number of ether oxygens (including phenoxy) is 1. The lowest BCUT2D eigenvalue weighted by molar-refractivity contribution is 0.103. The first kappa shape index (κ1) is 10.2. The Kier molecular flexibility index (Phi) is 2.65. The Hall–Kier alpha value is -0.940. The van der Waals surface area contributed by atoms with Crippen LogP contribution in [0.3, 0.4) is 0 Å². The van der Waals surface area contributed by atoms with Gasteiger partial charge in [-0.1, -0.05) is 5.16 Å². The van der Waals surface area contributed by atoms with Crippen LogP contribution < -0.4 is 5.73 Å². The Labute approximate surface area is 94.3 Å². The molecule has 1 saturated heterocycles. The predicted molar refractivity (Wildman–Crippen MR) is 56.6 cm³/mol. The third-order valence-electron chi connectivity index (χ3n) is 3.34. The van der Waals surface area contributed by atoms with Crippen LogP contribution in [0.1, 0.15) is 43.5 Å². The zero-order chi connectivity index (χ0) is 11.0. The molecule has 1 aromatic rings. The molecule has 2 heterocycles. The van der Waals surface area contributed by atoms with Crippen molar-refractivity contribution in [3.63, 3.8) is 0 Å². The molecule has 0 amide bonds. The number of nitrogens with two attached hydrogens (primary N) is 1. The molecule has 1 saturated carbocycles. The number of hydrogen-bond donors (Lipinski definition) is 1. The van der Waals surface area contributed by atoms with Gasteiger partial charge in [-0.15, -0.1) is 0 Å². The van der Waals surface area contributed by atoms with Crippen molar-refractivity contribution in [3.8, 4) is 0 Å². The van der Waals surface area contributed by atoms with E-state index in [-0.39, 0.29) is 12.1 Å². The van der Waals surface area contributed by atoms with E-state index in [2.05, 4.69) is 10.1 Å². The highest BCUT2D eigenvalue weighted by atomic mass is 16.5. The number of aromatic nitrogens is 2. The fourth-order valence-electron chi connectivity index (χ4n) is 2.16. The molecule has 1 aromatic heterocycles. The van der Waals surface area contributed by atoms with Crippen molar-refractivity contribution in [3.05, 3.63) is 11.7 Å². The fourth-order valence-corrected chi connectivity index (χ4v) is 2.16. The lowest BCUT2D eigenvalue weighted by atomic mass is 10.1. The minimum atomic E-state index is 0.0367. The summed E-state index contributed by atoms with van der Waals surface area (Å²) in [7, 11) is 0. The van der Waals surface area contributed by atoms with Gasteiger partial charge in [-0.2, -0.15) is 4.98 Å². The fraction of sp³-hybridized carbons (Fsp3) is 0.818. The van der Waals surface area contributed by atoms with E-state index in [0.717, 1.165) is 19.4 Å². The second-order valence-electron chi connectivity index (χ2n) is 4.75. The van der Waals surface area contributed by atoms with Crippen molar-refractivity contribution in [1.29, 1.82) is 0 Å². The molecule has 0 aromatic carbocycles. The van der Waals surface area contributed by atoms with Gasteiger partial charge in [0.05, 0.1) is 0 Å². The van der Waals surface area contributed by atoms with Gasteiger partial charge >= 0.3 is 0 Å². The maximum atomic E-state index is 6.01. The largest absolute Gasteiger partial charge is 0.370 e. The quantitative estimate of drug-likeness (QED) is 0.830. The summed E-state index contributed by atoms with van der Waals surface area (Å²) in [6, 6.07) is 0.179. The van der Waals surface area contributed by atoms with Crippen LogP contribution in [-0.4, -0.2) is 22.8 Å². The summed E-state index contributed by atoms with van der Waals surface area (Å²) in [5.74, 6) is 2.01. The maximum Gasteiger partial charge on any atom is 0.228 e. The van der Waals surface area contributed by atoms with E-state index in [0.29, 0.717) is 24.1 Å². The normalized spacial score (nSPS) is 27.2. The van der Waals surface area contributed by atoms with Crippen molar-refractivity contribution < 1.29 is 9.26 Å². The molecular formula is C11H17N3O2. The maximum absolute atomic E-state index is 6.01. The van der Waals surface area contributed by atoms with Crippen LogP contribution in [0.15, 0.2) is 4.52 Å². The molecular weight excluding hydrogens is 206 g/mol. The second kappa shape index (κ2) is 4.14. The van der Waals surface area contributed by atoms with Crippen LogP contribution in [0, 0.1) is 5.92 Å². The van der Waals surface area contributed by atoms with Crippen LogP contribution in [0.4, 0.5) is 0 Å². The molecule has 88 valence electrons. The third kappa shape index (κ3) is 2.10. The van der Waals surface area contributed by atoms with Crippen LogP contribution in [0.5, 0.6) is 0 Å². The first-order valence-corrected chi connectivity index (χ1v) is 6.02. The molecule has 2 unspecified atom stereocenters. The number of nitrogens with zero attached hydrogens (tertiary/aromatic N) is 2. The van der Waals surface area contributed by atoms with Gasteiger partial charge in [0.2, 0.25) is 11.7 Å². The topological polar surface area (TPSA) is 74.2 Å². The van der Waals surface area contributed by atoms with Crippen molar-refractivity contribution in [2.24, 2.45) is 11.7 Å². The molecule has 0 spiro atoms. The summed E-state index contributed by atoms with van der Waals surface area (Å²) in [5, 5.41) is 3.96. The van der Waals surface area contributed by atoms with Gasteiger partial charge in [-0.05, 0) is 31.6 Å². The molecule has 3 rings (SSSR count). The van der Waals surface area contributed by atoms with Gasteiger partial charge in [0.15, 0.2) is 0 Å². The summed E-state index contributed by atoms with van der Waals surface area (Å²) in [6.07, 6.45) is 5.30. The zero-order valence-corrected chi connectivity index (χ0v) is 9.26. The Balaban J connectivity index is 1.62. The first-order chi connectivity index (χ1) is 7.83. The SMILES string of the molecule is NC(Cc1nc(C2CCCO2)no1)C1CC1. The van der Waals surface area contributed by atoms with Gasteiger partial charge in [-0.3, -0.25) is 0 Å². The monoisotopic (exact) mass is 223 g/mol. The molecule has 5 nitrogen and oxygen atoms in total. The van der Waals surface area contributed by atoms with E-state index in [1.807, 2.05) is 0 Å². The van der Waals surface area contributed by atoms with Crippen molar-refractivity contribution >= 4 is 0 Å². The molecule has 0 radical (unpaired) electrons. The van der Waals surface area contributed by atoms with E-state index in [9.17, 15) is 0 Å². The summed E-state index contributed by atoms with van der Waals surface area (Å²) >= 11 is 0. The minimum Gasteiger partial charge on any atom is -0.370 e. The highest BCUT2D eigenvalue weighted by Gasteiger charge is 2.30. The minimum absolute atomic E-state index is 0.0367. The molecule has 2 aliphatic rings. The van der Waals surface area contributed by atoms with E-state index >= 15 is 0 Å². The highest BCUT2D eigenvalue weighted by molar-refractivity contribution is 4.96. The Morgan fingerprint density at radius 2 is 2.25 bits per heavy atom. The van der Waals surface area contributed by atoms with Gasteiger partial charge in [-0.25, -0.2) is 0 Å². The molecule has 2 N–H and O–H groups in total. The van der Waals surface area contributed by atoms with E-state index < -0.39 is 0 Å². The van der Waals surface area contributed by atoms with E-state index in [4.69, 9.17) is 15.0 Å². The third-order valence-corrected chi connectivity index (χ3v) is 3.34. The summed E-state index contributed by atoms with van der Waals surface area (Å²) < 4.78 is 10.7. The van der Waals surface area contributed by atoms with E-state index in [1.165, 1.54) is 12.8 Å². The van der Waals surface area contributed by atoms with E-state index in [1.54, 1.807) is 0 Å². The number of hydrogen-bond acceptors (Lipinski definition) is 5. The van der Waals surface area contributed by atoms with Gasteiger partial charge in [0, 0.05) is 19.1 Å². The average molecular weight is 223 g/mol. The lowest BCUT2D eigenvalue weighted by Crippen LogP contribution is -2.25. The standard InChI is InChI=1S/C11H17N3O2/c12-8(7-3-4-7)6-10-13-11(14-16-10)9-2-1-5-15-9/h7-9H,1-6,12H2. The summed E-state index contributed by atoms with van der Waals surface area (Å²) in [5.41, 5.74) is 6.01. The molecule has 16 heavy (non-hydrogen) atoms. The average Bonchev–Trinajstić information content (AvgIpc) is 2.80. The second-order valence-corrected chi connectivity index (χ2v) is 4.75. The van der Waals surface area contributed by atoms with Gasteiger partial charge in [0.25, 0.3) is 0 Å². The molecule has 5 heteroatoms. The molecule has 0 bridgehead atoms. The summed E-state index contributed by atoms with van der Waals surface area (Å²) in [6.45, 7) is 0.802. The Morgan fingerprint density at radius 1 is 1.38 bits per heavy atom. The van der Waals surface area contributed by atoms with Crippen LogP contribution in [-0.2, 0) is 11.2 Å². The van der Waals surface area contributed by atoms with Crippen LogP contribution in [0.25, 0.3) is 0 Å². The van der Waals surface area contributed by atoms with Crippen LogP contribution >= 0.6 is 0 Å². The molecule has 1 aliphatic carbocycles. The first-order valence-electron chi connectivity index (χ1n) is 6.02. The van der Waals surface area contributed by atoms with Gasteiger partial charge < -0.3 is 15.0 Å².